The molecule has 0 radical (unpaired) electrons. The van der Waals surface area contributed by atoms with Crippen LogP contribution >= 0.6 is 11.8 Å². The van der Waals surface area contributed by atoms with Crippen LogP contribution in [0.1, 0.15) is 16.2 Å². The first-order chi connectivity index (χ1) is 17.1. The lowest BCUT2D eigenvalue weighted by atomic mass is 10.2. The number of methoxy groups -OCH3 is 2. The molecule has 5 rings (SSSR count). The minimum atomic E-state index is -0.260. The van der Waals surface area contributed by atoms with Gasteiger partial charge in [-0.05, 0) is 54.6 Å². The van der Waals surface area contributed by atoms with Gasteiger partial charge in [0.1, 0.15) is 11.5 Å². The monoisotopic (exact) mass is 491 g/mol. The standard InChI is InChI=1S/C25H21N3O6S/c1-30-18-9-16(10-19(12-18)31-2)24(29)26-17-4-6-20(7-5-17)35-13-23-27-28-25(34-23)15-3-8-21-22(11-15)33-14-32-21/h3-12H,13-14H2,1-2H3,(H,26,29). The summed E-state index contributed by atoms with van der Waals surface area (Å²) in [5.41, 5.74) is 1.88. The number of nitrogens with one attached hydrogen (secondary N) is 1. The average Bonchev–Trinajstić information content (AvgIpc) is 3.57. The molecule has 9 nitrogen and oxygen atoms in total. The maximum absolute atomic E-state index is 12.7. The Kier molecular flexibility index (Phi) is 6.44. The van der Waals surface area contributed by atoms with E-state index in [2.05, 4.69) is 15.5 Å². The van der Waals surface area contributed by atoms with Gasteiger partial charge >= 0.3 is 0 Å². The number of nitrogens with zero attached hydrogens (tertiary/aromatic N) is 2. The van der Waals surface area contributed by atoms with Crippen LogP contribution in [0.5, 0.6) is 23.0 Å². The van der Waals surface area contributed by atoms with Crippen LogP contribution in [0.2, 0.25) is 0 Å². The molecule has 1 aliphatic rings. The number of anilines is 1. The molecule has 1 aromatic heterocycles. The molecule has 0 aliphatic carbocycles. The highest BCUT2D eigenvalue weighted by Crippen LogP contribution is 2.36. The Morgan fingerprint density at radius 1 is 0.943 bits per heavy atom. The van der Waals surface area contributed by atoms with Crippen LogP contribution in [0.15, 0.2) is 70.0 Å². The van der Waals surface area contributed by atoms with Gasteiger partial charge in [-0.2, -0.15) is 0 Å². The molecular weight excluding hydrogens is 470 g/mol. The second-order valence-corrected chi connectivity index (χ2v) is 8.49. The number of thioether (sulfide) groups is 1. The first-order valence-electron chi connectivity index (χ1n) is 10.6. The molecular formula is C25H21N3O6S. The molecule has 0 unspecified atom stereocenters. The fourth-order valence-corrected chi connectivity index (χ4v) is 4.11. The summed E-state index contributed by atoms with van der Waals surface area (Å²) in [6.07, 6.45) is 0. The Bertz CT molecular complexity index is 1330. The third-order valence-electron chi connectivity index (χ3n) is 5.17. The van der Waals surface area contributed by atoms with Crippen LogP contribution in [-0.4, -0.2) is 37.1 Å². The topological polar surface area (TPSA) is 105 Å². The van der Waals surface area contributed by atoms with Crippen molar-refractivity contribution in [1.29, 1.82) is 0 Å². The van der Waals surface area contributed by atoms with Gasteiger partial charge in [0.25, 0.3) is 5.91 Å². The predicted octanol–water partition coefficient (Wildman–Crippen LogP) is 5.03. The summed E-state index contributed by atoms with van der Waals surface area (Å²) >= 11 is 1.55. The molecule has 178 valence electrons. The second-order valence-electron chi connectivity index (χ2n) is 7.44. The Morgan fingerprint density at radius 3 is 2.43 bits per heavy atom. The van der Waals surface area contributed by atoms with Crippen molar-refractivity contribution < 1.29 is 28.2 Å². The van der Waals surface area contributed by atoms with Gasteiger partial charge < -0.3 is 28.7 Å². The number of benzene rings is 3. The molecule has 1 aliphatic heterocycles. The zero-order chi connectivity index (χ0) is 24.2. The molecule has 10 heteroatoms. The first-order valence-corrected chi connectivity index (χ1v) is 11.6. The summed E-state index contributed by atoms with van der Waals surface area (Å²) < 4.78 is 27.0. The van der Waals surface area contributed by atoms with E-state index in [1.807, 2.05) is 42.5 Å². The van der Waals surface area contributed by atoms with E-state index in [0.717, 1.165) is 10.5 Å². The van der Waals surface area contributed by atoms with Crippen molar-refractivity contribution in [3.63, 3.8) is 0 Å². The van der Waals surface area contributed by atoms with Crippen molar-refractivity contribution in [1.82, 2.24) is 10.2 Å². The van der Waals surface area contributed by atoms with Crippen molar-refractivity contribution in [3.05, 3.63) is 72.1 Å². The second kappa shape index (κ2) is 9.98. The number of carbonyl (C=O) groups excluding carboxylic acids is 1. The lowest BCUT2D eigenvalue weighted by Gasteiger charge is -2.09. The van der Waals surface area contributed by atoms with Crippen molar-refractivity contribution in [2.24, 2.45) is 0 Å². The van der Waals surface area contributed by atoms with E-state index in [1.165, 1.54) is 0 Å². The summed E-state index contributed by atoms with van der Waals surface area (Å²) in [4.78, 5) is 13.7. The number of rotatable bonds is 8. The Morgan fingerprint density at radius 2 is 1.69 bits per heavy atom. The van der Waals surface area contributed by atoms with Crippen LogP contribution < -0.4 is 24.3 Å². The van der Waals surface area contributed by atoms with Crippen molar-refractivity contribution >= 4 is 23.4 Å². The Hall–Kier alpha value is -4.18. The zero-order valence-electron chi connectivity index (χ0n) is 18.9. The minimum Gasteiger partial charge on any atom is -0.497 e. The van der Waals surface area contributed by atoms with Gasteiger partial charge in [-0.3, -0.25) is 4.79 Å². The van der Waals surface area contributed by atoms with Gasteiger partial charge in [-0.15, -0.1) is 22.0 Å². The summed E-state index contributed by atoms with van der Waals surface area (Å²) in [6, 6.07) is 18.0. The molecule has 1 N–H and O–H groups in total. The van der Waals surface area contributed by atoms with Gasteiger partial charge in [0.05, 0.1) is 20.0 Å². The molecule has 4 aromatic rings. The Balaban J connectivity index is 1.18. The fourth-order valence-electron chi connectivity index (χ4n) is 3.38. The van der Waals surface area contributed by atoms with E-state index in [1.54, 1.807) is 44.2 Å². The molecule has 0 saturated heterocycles. The van der Waals surface area contributed by atoms with Crippen LogP contribution in [0.25, 0.3) is 11.5 Å². The highest BCUT2D eigenvalue weighted by atomic mass is 32.2. The first kappa shape index (κ1) is 22.6. The normalized spacial score (nSPS) is 11.8. The minimum absolute atomic E-state index is 0.211. The molecule has 1 amide bonds. The van der Waals surface area contributed by atoms with Crippen molar-refractivity contribution in [2.45, 2.75) is 10.6 Å². The largest absolute Gasteiger partial charge is 0.497 e. The average molecular weight is 492 g/mol. The summed E-state index contributed by atoms with van der Waals surface area (Å²) in [7, 11) is 3.08. The Labute approximate surface area is 205 Å². The molecule has 0 saturated carbocycles. The number of amides is 1. The van der Waals surface area contributed by atoms with Gasteiger partial charge in [-0.25, -0.2) is 0 Å². The summed E-state index contributed by atoms with van der Waals surface area (Å²) in [5.74, 6) is 3.63. The fraction of sp³-hybridized carbons (Fsp3) is 0.160. The van der Waals surface area contributed by atoms with Crippen LogP contribution in [0.3, 0.4) is 0 Å². The molecule has 0 fully saturated rings. The SMILES string of the molecule is COc1cc(OC)cc(C(=O)Nc2ccc(SCc3nnc(-c4ccc5c(c4)OCO5)o3)cc2)c1. The van der Waals surface area contributed by atoms with E-state index in [-0.39, 0.29) is 12.7 Å². The number of carbonyl (C=O) groups is 1. The zero-order valence-corrected chi connectivity index (χ0v) is 19.8. The van der Waals surface area contributed by atoms with Gasteiger partial charge in [0, 0.05) is 27.8 Å². The van der Waals surface area contributed by atoms with E-state index in [9.17, 15) is 4.79 Å². The summed E-state index contributed by atoms with van der Waals surface area (Å²) in [5, 5.41) is 11.1. The highest BCUT2D eigenvalue weighted by molar-refractivity contribution is 7.98. The van der Waals surface area contributed by atoms with Gasteiger partial charge in [0.2, 0.25) is 18.6 Å². The van der Waals surface area contributed by atoms with E-state index in [4.69, 9.17) is 23.4 Å². The van der Waals surface area contributed by atoms with E-state index < -0.39 is 0 Å². The molecule has 3 aromatic carbocycles. The number of hydrogen-bond acceptors (Lipinski definition) is 9. The van der Waals surface area contributed by atoms with Crippen LogP contribution in [0, 0.1) is 0 Å². The maximum atomic E-state index is 12.7. The molecule has 0 bridgehead atoms. The van der Waals surface area contributed by atoms with Crippen LogP contribution in [0.4, 0.5) is 5.69 Å². The van der Waals surface area contributed by atoms with Gasteiger partial charge in [0.15, 0.2) is 11.5 Å². The smallest absolute Gasteiger partial charge is 0.255 e. The quantitative estimate of drug-likeness (QED) is 0.340. The third-order valence-corrected chi connectivity index (χ3v) is 6.17. The number of hydrogen-bond donors (Lipinski definition) is 1. The molecule has 0 spiro atoms. The predicted molar refractivity (Wildman–Crippen MR) is 129 cm³/mol. The lowest BCUT2D eigenvalue weighted by molar-refractivity contribution is 0.102. The highest BCUT2D eigenvalue weighted by Gasteiger charge is 2.17. The van der Waals surface area contributed by atoms with Crippen LogP contribution in [-0.2, 0) is 5.75 Å². The molecule has 0 atom stereocenters. The maximum Gasteiger partial charge on any atom is 0.255 e. The molecule has 2 heterocycles. The van der Waals surface area contributed by atoms with Crippen molar-refractivity contribution in [2.75, 3.05) is 26.3 Å². The van der Waals surface area contributed by atoms with Gasteiger partial charge in [-0.1, -0.05) is 0 Å². The number of fused-ring (bicyclic) bond motifs is 1. The lowest BCUT2D eigenvalue weighted by Crippen LogP contribution is -2.12. The molecule has 35 heavy (non-hydrogen) atoms. The number of aromatic nitrogens is 2. The summed E-state index contributed by atoms with van der Waals surface area (Å²) in [6.45, 7) is 0.211. The number of ether oxygens (including phenoxy) is 4. The van der Waals surface area contributed by atoms with E-state index >= 15 is 0 Å². The van der Waals surface area contributed by atoms with E-state index in [0.29, 0.717) is 51.8 Å². The van der Waals surface area contributed by atoms with Crippen molar-refractivity contribution in [3.8, 4) is 34.5 Å². The third kappa shape index (κ3) is 5.17.